The number of carbonyl (C=O) groups excluding carboxylic acids is 1. The van der Waals surface area contributed by atoms with E-state index in [0.717, 1.165) is 0 Å². The first-order chi connectivity index (χ1) is 11.7. The number of carbonyl (C=O) groups is 2. The van der Waals surface area contributed by atoms with E-state index in [4.69, 9.17) is 15.8 Å². The van der Waals surface area contributed by atoms with Gasteiger partial charge in [0.1, 0.15) is 6.04 Å². The standard InChI is InChI=1S/C16H30BN3O5/c1-10(2)13(18)15(21)20-12-7-9-19-14(16(22)23)11(12)6-4-3-5-8-17(24)25/h4,6,10-14,19,24-25H,3,5,7-9,18H2,1-2H3,(H,20,21)(H,22,23)/b6-4+/t11?,12-,13-,14+/m0/s1. The molecule has 9 heteroatoms. The summed E-state index contributed by atoms with van der Waals surface area (Å²) in [6.45, 7) is 4.22. The van der Waals surface area contributed by atoms with Crippen LogP contribution in [0.2, 0.25) is 6.32 Å². The highest BCUT2D eigenvalue weighted by Gasteiger charge is 2.37. The van der Waals surface area contributed by atoms with Crippen LogP contribution >= 0.6 is 0 Å². The van der Waals surface area contributed by atoms with Gasteiger partial charge in [-0.05, 0) is 31.6 Å². The molecular weight excluding hydrogens is 325 g/mol. The van der Waals surface area contributed by atoms with Gasteiger partial charge in [0.15, 0.2) is 0 Å². The van der Waals surface area contributed by atoms with Crippen LogP contribution in [0, 0.1) is 11.8 Å². The number of aliphatic carboxylic acids is 1. The van der Waals surface area contributed by atoms with Crippen molar-refractivity contribution in [2.75, 3.05) is 6.54 Å². The summed E-state index contributed by atoms with van der Waals surface area (Å²) in [6.07, 6.45) is 5.69. The predicted octanol–water partition coefficient (Wildman–Crippen LogP) is -0.674. The number of carboxylic acid groups (broad SMARTS) is 1. The SMILES string of the molecule is CC(C)[C@H](N)C(=O)N[C@H]1CCN[C@@H](C(=O)O)C1/C=C/CCCB(O)O. The number of nitrogens with one attached hydrogen (secondary N) is 2. The molecule has 0 saturated carbocycles. The van der Waals surface area contributed by atoms with Gasteiger partial charge in [-0.2, -0.15) is 0 Å². The van der Waals surface area contributed by atoms with Crippen LogP contribution in [0.4, 0.5) is 0 Å². The maximum Gasteiger partial charge on any atom is 0.451 e. The lowest BCUT2D eigenvalue weighted by molar-refractivity contribution is -0.142. The van der Waals surface area contributed by atoms with Crippen molar-refractivity contribution in [1.82, 2.24) is 10.6 Å². The molecule has 0 bridgehead atoms. The van der Waals surface area contributed by atoms with Crippen molar-refractivity contribution >= 4 is 19.0 Å². The highest BCUT2D eigenvalue weighted by atomic mass is 16.4. The van der Waals surface area contributed by atoms with Crippen LogP contribution in [0.5, 0.6) is 0 Å². The van der Waals surface area contributed by atoms with E-state index in [1.165, 1.54) is 0 Å². The van der Waals surface area contributed by atoms with Crippen LogP contribution in [0.1, 0.15) is 33.1 Å². The topological polar surface area (TPSA) is 145 Å². The fraction of sp³-hybridized carbons (Fsp3) is 0.750. The number of carboxylic acids is 1. The Bertz CT molecular complexity index is 473. The summed E-state index contributed by atoms with van der Waals surface area (Å²) in [5.41, 5.74) is 5.88. The molecule has 0 aromatic heterocycles. The number of unbranched alkanes of at least 4 members (excludes halogenated alkanes) is 1. The van der Waals surface area contributed by atoms with Crippen LogP contribution in [0.25, 0.3) is 0 Å². The maximum absolute atomic E-state index is 12.2. The zero-order valence-corrected chi connectivity index (χ0v) is 14.9. The van der Waals surface area contributed by atoms with Crippen molar-refractivity contribution < 1.29 is 24.7 Å². The third-order valence-corrected chi connectivity index (χ3v) is 4.48. The van der Waals surface area contributed by atoms with Crippen LogP contribution in [-0.4, -0.2) is 58.8 Å². The third kappa shape index (κ3) is 7.15. The molecule has 8 nitrogen and oxygen atoms in total. The van der Waals surface area contributed by atoms with E-state index in [-0.39, 0.29) is 24.2 Å². The molecule has 142 valence electrons. The van der Waals surface area contributed by atoms with Crippen LogP contribution in [-0.2, 0) is 9.59 Å². The molecule has 7 N–H and O–H groups in total. The highest BCUT2D eigenvalue weighted by Crippen LogP contribution is 2.20. The van der Waals surface area contributed by atoms with Gasteiger partial charge in [0.05, 0.1) is 6.04 Å². The van der Waals surface area contributed by atoms with E-state index in [0.29, 0.717) is 25.8 Å². The second kappa shape index (κ2) is 10.5. The van der Waals surface area contributed by atoms with Crippen molar-refractivity contribution in [3.05, 3.63) is 12.2 Å². The first-order valence-corrected chi connectivity index (χ1v) is 8.79. The van der Waals surface area contributed by atoms with Crippen LogP contribution in [0.3, 0.4) is 0 Å². The number of nitrogens with two attached hydrogens (primary N) is 1. The minimum absolute atomic E-state index is 0.00381. The zero-order valence-electron chi connectivity index (χ0n) is 14.9. The van der Waals surface area contributed by atoms with E-state index in [9.17, 15) is 14.7 Å². The Balaban J connectivity index is 2.76. The smallest absolute Gasteiger partial charge is 0.451 e. The van der Waals surface area contributed by atoms with Gasteiger partial charge in [-0.15, -0.1) is 0 Å². The fourth-order valence-corrected chi connectivity index (χ4v) is 2.87. The first-order valence-electron chi connectivity index (χ1n) is 8.79. The number of hydrogen-bond acceptors (Lipinski definition) is 6. The number of rotatable bonds is 9. The normalized spacial score (nSPS) is 25.1. The monoisotopic (exact) mass is 355 g/mol. The average Bonchev–Trinajstić information content (AvgIpc) is 2.54. The fourth-order valence-electron chi connectivity index (χ4n) is 2.87. The molecule has 1 heterocycles. The lowest BCUT2D eigenvalue weighted by atomic mass is 9.83. The molecule has 1 saturated heterocycles. The quantitative estimate of drug-likeness (QED) is 0.183. The molecule has 0 aromatic rings. The van der Waals surface area contributed by atoms with Gasteiger partial charge in [0.2, 0.25) is 5.91 Å². The summed E-state index contributed by atoms with van der Waals surface area (Å²) in [5.74, 6) is -1.63. The molecule has 1 unspecified atom stereocenters. The minimum atomic E-state index is -1.33. The van der Waals surface area contributed by atoms with Gasteiger partial charge < -0.3 is 31.5 Å². The van der Waals surface area contributed by atoms with Gasteiger partial charge in [0.25, 0.3) is 0 Å². The molecule has 0 radical (unpaired) electrons. The predicted molar refractivity (Wildman–Crippen MR) is 95.7 cm³/mol. The van der Waals surface area contributed by atoms with Gasteiger partial charge in [-0.3, -0.25) is 9.59 Å². The second-order valence-corrected chi connectivity index (χ2v) is 6.86. The number of allylic oxidation sites excluding steroid dienone is 1. The van der Waals surface area contributed by atoms with Crippen molar-refractivity contribution in [3.8, 4) is 0 Å². The van der Waals surface area contributed by atoms with Crippen LogP contribution < -0.4 is 16.4 Å². The maximum atomic E-state index is 12.2. The summed E-state index contributed by atoms with van der Waals surface area (Å²) >= 11 is 0. The Morgan fingerprint density at radius 2 is 2.08 bits per heavy atom. The van der Waals surface area contributed by atoms with Gasteiger partial charge in [-0.25, -0.2) is 0 Å². The Kier molecular flexibility index (Phi) is 9.12. The summed E-state index contributed by atoms with van der Waals surface area (Å²) in [5, 5.41) is 33.0. The lowest BCUT2D eigenvalue weighted by Gasteiger charge is -2.36. The summed E-state index contributed by atoms with van der Waals surface area (Å²) in [7, 11) is -1.33. The third-order valence-electron chi connectivity index (χ3n) is 4.48. The highest BCUT2D eigenvalue weighted by molar-refractivity contribution is 6.40. The van der Waals surface area contributed by atoms with Gasteiger partial charge in [0, 0.05) is 12.0 Å². The lowest BCUT2D eigenvalue weighted by Crippen LogP contribution is -2.59. The molecular formula is C16H30BN3O5. The largest absolute Gasteiger partial charge is 0.480 e. The minimum Gasteiger partial charge on any atom is -0.480 e. The Morgan fingerprint density at radius 3 is 2.64 bits per heavy atom. The van der Waals surface area contributed by atoms with E-state index in [1.807, 2.05) is 19.9 Å². The molecule has 0 aliphatic carbocycles. The zero-order chi connectivity index (χ0) is 19.0. The molecule has 1 amide bonds. The van der Waals surface area contributed by atoms with Crippen LogP contribution in [0.15, 0.2) is 12.2 Å². The van der Waals surface area contributed by atoms with Gasteiger partial charge >= 0.3 is 13.1 Å². The molecule has 1 aliphatic heterocycles. The summed E-state index contributed by atoms with van der Waals surface area (Å²) in [6, 6.07) is -1.72. The molecule has 1 aliphatic rings. The van der Waals surface area contributed by atoms with Crippen molar-refractivity contribution in [1.29, 1.82) is 0 Å². The molecule has 0 spiro atoms. The number of amides is 1. The average molecular weight is 355 g/mol. The van der Waals surface area contributed by atoms with Crippen molar-refractivity contribution in [3.63, 3.8) is 0 Å². The first kappa shape index (κ1) is 21.6. The molecule has 1 rings (SSSR count). The molecule has 4 atom stereocenters. The van der Waals surface area contributed by atoms with E-state index in [1.54, 1.807) is 6.08 Å². The molecule has 0 aromatic carbocycles. The summed E-state index contributed by atoms with van der Waals surface area (Å²) in [4.78, 5) is 23.8. The number of piperidine rings is 1. The second-order valence-electron chi connectivity index (χ2n) is 6.86. The van der Waals surface area contributed by atoms with E-state index in [2.05, 4.69) is 10.6 Å². The summed E-state index contributed by atoms with van der Waals surface area (Å²) < 4.78 is 0. The number of hydrogen-bond donors (Lipinski definition) is 6. The Hall–Kier alpha value is -1.42. The molecule has 25 heavy (non-hydrogen) atoms. The molecule has 1 fully saturated rings. The van der Waals surface area contributed by atoms with E-state index >= 15 is 0 Å². The van der Waals surface area contributed by atoms with Crippen molar-refractivity contribution in [2.24, 2.45) is 17.6 Å². The van der Waals surface area contributed by atoms with Gasteiger partial charge in [-0.1, -0.05) is 32.4 Å². The van der Waals surface area contributed by atoms with Crippen molar-refractivity contribution in [2.45, 2.75) is 57.6 Å². The van der Waals surface area contributed by atoms with E-state index < -0.39 is 31.1 Å². The Labute approximate surface area is 149 Å². The Morgan fingerprint density at radius 1 is 1.40 bits per heavy atom.